The fraction of sp³-hybridized carbons (Fsp3) is 0.318. The molecule has 0 bridgehead atoms. The van der Waals surface area contributed by atoms with E-state index in [1.165, 1.54) is 0 Å². The van der Waals surface area contributed by atoms with E-state index in [1.54, 1.807) is 6.20 Å². The Morgan fingerprint density at radius 2 is 1.77 bits per heavy atom. The lowest BCUT2D eigenvalue weighted by Crippen LogP contribution is -2.46. The van der Waals surface area contributed by atoms with Crippen LogP contribution in [0.5, 0.6) is 0 Å². The summed E-state index contributed by atoms with van der Waals surface area (Å²) in [4.78, 5) is 18.2. The first kappa shape index (κ1) is 20.4. The van der Waals surface area contributed by atoms with Gasteiger partial charge in [0.25, 0.3) is 0 Å². The van der Waals surface area contributed by atoms with Crippen LogP contribution in [0.3, 0.4) is 0 Å². The van der Waals surface area contributed by atoms with Crippen molar-refractivity contribution in [2.45, 2.75) is 13.8 Å². The van der Waals surface area contributed by atoms with Crippen LogP contribution in [0.1, 0.15) is 12.5 Å². The zero-order valence-electron chi connectivity index (χ0n) is 17.3. The lowest BCUT2D eigenvalue weighted by atomic mass is 10.2. The normalized spacial score (nSPS) is 14.6. The van der Waals surface area contributed by atoms with E-state index in [0.717, 1.165) is 49.7 Å². The molecule has 0 amide bonds. The molecule has 3 heterocycles. The minimum atomic E-state index is 0.437. The largest absolute Gasteiger partial charge is 0.368 e. The van der Waals surface area contributed by atoms with Crippen molar-refractivity contribution in [3.63, 3.8) is 0 Å². The number of aromatic nitrogens is 3. The summed E-state index contributed by atoms with van der Waals surface area (Å²) in [6, 6.07) is 12.0. The number of para-hydroxylation sites is 1. The lowest BCUT2D eigenvalue weighted by molar-refractivity contribution is 0.271. The van der Waals surface area contributed by atoms with Crippen molar-refractivity contribution >= 4 is 40.6 Å². The molecule has 1 aliphatic heterocycles. The highest BCUT2D eigenvalue weighted by Gasteiger charge is 2.16. The number of aryl methyl sites for hydroxylation is 1. The van der Waals surface area contributed by atoms with Crippen molar-refractivity contribution in [2.24, 2.45) is 0 Å². The molecule has 2 N–H and O–H groups in total. The maximum Gasteiger partial charge on any atom is 0.230 e. The Kier molecular flexibility index (Phi) is 6.30. The maximum atomic E-state index is 6.29. The standard InChI is InChI=1S/C22H26ClN7/c1-3-29-10-12-30(13-11-29)17-8-9-20(24-14-17)27-22-25-15-18(23)21(28-22)26-19-7-5-4-6-16(19)2/h4-9,14-15H,3,10-13H2,1-2H3,(H2,24,25,26,27,28). The molecule has 2 aromatic heterocycles. The van der Waals surface area contributed by atoms with Gasteiger partial charge in [0, 0.05) is 31.9 Å². The van der Waals surface area contributed by atoms with E-state index in [-0.39, 0.29) is 0 Å². The van der Waals surface area contributed by atoms with Crippen molar-refractivity contribution in [3.8, 4) is 0 Å². The monoisotopic (exact) mass is 423 g/mol. The van der Waals surface area contributed by atoms with Crippen LogP contribution in [0, 0.1) is 6.92 Å². The second-order valence-corrected chi connectivity index (χ2v) is 7.69. The predicted molar refractivity (Wildman–Crippen MR) is 123 cm³/mol. The molecule has 3 aromatic rings. The SMILES string of the molecule is CCN1CCN(c2ccc(Nc3ncc(Cl)c(Nc4ccccc4C)n3)nc2)CC1. The summed E-state index contributed by atoms with van der Waals surface area (Å²) in [7, 11) is 0. The van der Waals surface area contributed by atoms with Crippen molar-refractivity contribution in [1.29, 1.82) is 0 Å². The van der Waals surface area contributed by atoms with E-state index in [2.05, 4.69) is 48.4 Å². The van der Waals surface area contributed by atoms with Gasteiger partial charge in [-0.25, -0.2) is 9.97 Å². The molecule has 0 aliphatic carbocycles. The van der Waals surface area contributed by atoms with Gasteiger partial charge in [0.2, 0.25) is 5.95 Å². The van der Waals surface area contributed by atoms with E-state index < -0.39 is 0 Å². The number of benzene rings is 1. The Hall–Kier alpha value is -2.90. The third kappa shape index (κ3) is 4.80. The van der Waals surface area contributed by atoms with Gasteiger partial charge in [-0.3, -0.25) is 0 Å². The van der Waals surface area contributed by atoms with E-state index in [4.69, 9.17) is 11.6 Å². The molecule has 156 valence electrons. The smallest absolute Gasteiger partial charge is 0.230 e. The number of hydrogen-bond donors (Lipinski definition) is 2. The lowest BCUT2D eigenvalue weighted by Gasteiger charge is -2.35. The van der Waals surface area contributed by atoms with E-state index >= 15 is 0 Å². The topological polar surface area (TPSA) is 69.2 Å². The first-order chi connectivity index (χ1) is 14.6. The van der Waals surface area contributed by atoms with Crippen LogP contribution in [-0.2, 0) is 0 Å². The van der Waals surface area contributed by atoms with Crippen LogP contribution in [0.15, 0.2) is 48.8 Å². The zero-order chi connectivity index (χ0) is 20.9. The first-order valence-corrected chi connectivity index (χ1v) is 10.6. The second-order valence-electron chi connectivity index (χ2n) is 7.28. The number of halogens is 1. The fourth-order valence-electron chi connectivity index (χ4n) is 3.44. The Morgan fingerprint density at radius 3 is 2.47 bits per heavy atom. The average Bonchev–Trinajstić information content (AvgIpc) is 2.78. The molecule has 0 saturated carbocycles. The van der Waals surface area contributed by atoms with Crippen LogP contribution in [-0.4, -0.2) is 52.6 Å². The van der Waals surface area contributed by atoms with E-state index in [9.17, 15) is 0 Å². The van der Waals surface area contributed by atoms with Gasteiger partial charge in [0.05, 0.1) is 18.1 Å². The van der Waals surface area contributed by atoms with Crippen molar-refractivity contribution in [3.05, 3.63) is 59.4 Å². The van der Waals surface area contributed by atoms with Crippen LogP contribution in [0.4, 0.5) is 29.0 Å². The molecular formula is C22H26ClN7. The number of rotatable bonds is 6. The van der Waals surface area contributed by atoms with Gasteiger partial charge in [0.15, 0.2) is 5.82 Å². The molecule has 0 radical (unpaired) electrons. The molecule has 0 spiro atoms. The first-order valence-electron chi connectivity index (χ1n) is 10.2. The third-order valence-corrected chi connectivity index (χ3v) is 5.59. The number of nitrogens with zero attached hydrogens (tertiary/aromatic N) is 5. The summed E-state index contributed by atoms with van der Waals surface area (Å²) in [6.07, 6.45) is 3.48. The summed E-state index contributed by atoms with van der Waals surface area (Å²) in [5.74, 6) is 1.68. The molecule has 4 rings (SSSR count). The third-order valence-electron chi connectivity index (χ3n) is 5.31. The second kappa shape index (κ2) is 9.28. The van der Waals surface area contributed by atoms with Gasteiger partial charge in [0.1, 0.15) is 10.8 Å². The Labute approximate surface area is 182 Å². The molecule has 1 aromatic carbocycles. The van der Waals surface area contributed by atoms with Crippen molar-refractivity contribution in [1.82, 2.24) is 19.9 Å². The summed E-state index contributed by atoms with van der Waals surface area (Å²) < 4.78 is 0. The predicted octanol–water partition coefficient (Wildman–Crippen LogP) is 4.46. The van der Waals surface area contributed by atoms with Crippen LogP contribution >= 0.6 is 11.6 Å². The number of nitrogens with one attached hydrogen (secondary N) is 2. The summed E-state index contributed by atoms with van der Waals surface area (Å²) in [5.41, 5.74) is 3.20. The number of piperazine rings is 1. The zero-order valence-corrected chi connectivity index (χ0v) is 18.0. The molecular weight excluding hydrogens is 398 g/mol. The molecule has 1 aliphatic rings. The number of pyridine rings is 1. The van der Waals surface area contributed by atoms with Crippen LogP contribution in [0.2, 0.25) is 5.02 Å². The summed E-state index contributed by atoms with van der Waals surface area (Å²) in [5, 5.41) is 6.89. The van der Waals surface area contributed by atoms with Gasteiger partial charge >= 0.3 is 0 Å². The Bertz CT molecular complexity index is 985. The quantitative estimate of drug-likeness (QED) is 0.606. The number of likely N-dealkylation sites (N-methyl/N-ethyl adjacent to an activating group) is 1. The van der Waals surface area contributed by atoms with Gasteiger partial charge in [-0.05, 0) is 37.2 Å². The fourth-order valence-corrected chi connectivity index (χ4v) is 3.58. The number of hydrogen-bond acceptors (Lipinski definition) is 7. The summed E-state index contributed by atoms with van der Waals surface area (Å²) in [6.45, 7) is 9.57. The Balaban J connectivity index is 1.43. The molecule has 1 fully saturated rings. The molecule has 30 heavy (non-hydrogen) atoms. The van der Waals surface area contributed by atoms with Gasteiger partial charge in [-0.15, -0.1) is 0 Å². The minimum absolute atomic E-state index is 0.437. The average molecular weight is 424 g/mol. The van der Waals surface area contributed by atoms with Gasteiger partial charge in [-0.2, -0.15) is 4.98 Å². The Morgan fingerprint density at radius 1 is 0.967 bits per heavy atom. The number of anilines is 5. The molecule has 1 saturated heterocycles. The maximum absolute atomic E-state index is 6.29. The highest BCUT2D eigenvalue weighted by Crippen LogP contribution is 2.26. The van der Waals surface area contributed by atoms with Gasteiger partial charge < -0.3 is 20.4 Å². The molecule has 7 nitrogen and oxygen atoms in total. The van der Waals surface area contributed by atoms with E-state index in [1.807, 2.05) is 43.5 Å². The highest BCUT2D eigenvalue weighted by molar-refractivity contribution is 6.32. The van der Waals surface area contributed by atoms with E-state index in [0.29, 0.717) is 22.6 Å². The molecule has 0 unspecified atom stereocenters. The minimum Gasteiger partial charge on any atom is -0.368 e. The van der Waals surface area contributed by atoms with Crippen molar-refractivity contribution < 1.29 is 0 Å². The van der Waals surface area contributed by atoms with Gasteiger partial charge in [-0.1, -0.05) is 36.7 Å². The van der Waals surface area contributed by atoms with Crippen LogP contribution < -0.4 is 15.5 Å². The molecule has 0 atom stereocenters. The highest BCUT2D eigenvalue weighted by atomic mass is 35.5. The summed E-state index contributed by atoms with van der Waals surface area (Å²) >= 11 is 6.29. The molecule has 8 heteroatoms. The van der Waals surface area contributed by atoms with Crippen molar-refractivity contribution in [2.75, 3.05) is 48.3 Å². The van der Waals surface area contributed by atoms with Crippen LogP contribution in [0.25, 0.3) is 0 Å².